The fourth-order valence-electron chi connectivity index (χ4n) is 4.17. The summed E-state index contributed by atoms with van der Waals surface area (Å²) in [6, 6.07) is 9.82. The van der Waals surface area contributed by atoms with Crippen molar-refractivity contribution in [2.75, 3.05) is 20.2 Å². The Labute approximate surface area is 175 Å². The van der Waals surface area contributed by atoms with Gasteiger partial charge in [-0.1, -0.05) is 30.3 Å². The Morgan fingerprint density at radius 3 is 2.70 bits per heavy atom. The summed E-state index contributed by atoms with van der Waals surface area (Å²) in [5, 5.41) is 12.8. The highest BCUT2D eigenvalue weighted by Gasteiger charge is 2.37. The van der Waals surface area contributed by atoms with Crippen molar-refractivity contribution in [1.29, 1.82) is 0 Å². The Morgan fingerprint density at radius 1 is 1.20 bits per heavy atom. The standard InChI is InChI=1S/C24H25NO5/c1-13-6-5-7-17-16(13)8-9-18-21(17)23(28)22(27)20-14(2)19(30-24(18)20)12-25(4)10-11-29-15(3)26/h5-9,23,28H,10-12H2,1-4H3. The topological polar surface area (TPSA) is 80.0 Å². The second-order valence-electron chi connectivity index (χ2n) is 7.90. The maximum Gasteiger partial charge on any atom is 0.302 e. The number of fused-ring (bicyclic) bond motifs is 5. The zero-order valence-corrected chi connectivity index (χ0v) is 17.6. The second-order valence-corrected chi connectivity index (χ2v) is 7.90. The number of hydrogen-bond donors (Lipinski definition) is 1. The minimum absolute atomic E-state index is 0.289. The van der Waals surface area contributed by atoms with Crippen LogP contribution in [0.15, 0.2) is 34.7 Å². The van der Waals surface area contributed by atoms with Crippen LogP contribution in [0.1, 0.15) is 45.8 Å². The van der Waals surface area contributed by atoms with Gasteiger partial charge in [0, 0.05) is 30.2 Å². The zero-order chi connectivity index (χ0) is 21.6. The fraction of sp³-hybridized carbons (Fsp3) is 0.333. The van der Waals surface area contributed by atoms with Crippen molar-refractivity contribution in [1.82, 2.24) is 4.90 Å². The highest BCUT2D eigenvalue weighted by Crippen LogP contribution is 2.45. The number of rotatable bonds is 5. The van der Waals surface area contributed by atoms with E-state index in [-0.39, 0.29) is 18.4 Å². The van der Waals surface area contributed by atoms with Crippen LogP contribution in [0.3, 0.4) is 0 Å². The molecule has 0 amide bonds. The third kappa shape index (κ3) is 3.32. The molecule has 2 aromatic carbocycles. The molecule has 6 nitrogen and oxygen atoms in total. The number of nitrogens with zero attached hydrogens (tertiary/aromatic N) is 1. The van der Waals surface area contributed by atoms with Crippen LogP contribution < -0.4 is 0 Å². The average molecular weight is 407 g/mol. The van der Waals surface area contributed by atoms with Crippen LogP contribution in [0.5, 0.6) is 0 Å². The number of likely N-dealkylation sites (N-methyl/N-ethyl adjacent to an activating group) is 1. The molecule has 0 aliphatic heterocycles. The molecule has 0 saturated heterocycles. The average Bonchev–Trinajstić information content (AvgIpc) is 3.02. The molecule has 0 fully saturated rings. The van der Waals surface area contributed by atoms with Crippen molar-refractivity contribution < 1.29 is 23.8 Å². The maximum atomic E-state index is 13.1. The lowest BCUT2D eigenvalue weighted by molar-refractivity contribution is -0.141. The number of ether oxygens (including phenoxy) is 1. The molecule has 0 spiro atoms. The minimum atomic E-state index is -1.22. The third-order valence-electron chi connectivity index (χ3n) is 5.77. The van der Waals surface area contributed by atoms with Crippen LogP contribution in [-0.2, 0) is 16.1 Å². The first-order valence-electron chi connectivity index (χ1n) is 9.98. The number of aryl methyl sites for hydroxylation is 1. The van der Waals surface area contributed by atoms with Crippen molar-refractivity contribution in [3.8, 4) is 11.3 Å². The second kappa shape index (κ2) is 7.70. The molecular weight excluding hydrogens is 382 g/mol. The largest absolute Gasteiger partial charge is 0.465 e. The summed E-state index contributed by atoms with van der Waals surface area (Å²) < 4.78 is 11.2. The molecule has 1 N–H and O–H groups in total. The predicted molar refractivity (Wildman–Crippen MR) is 113 cm³/mol. The lowest BCUT2D eigenvalue weighted by Crippen LogP contribution is -2.23. The summed E-state index contributed by atoms with van der Waals surface area (Å²) in [4.78, 5) is 26.0. The van der Waals surface area contributed by atoms with Gasteiger partial charge in [-0.25, -0.2) is 0 Å². The molecule has 1 unspecified atom stereocenters. The van der Waals surface area contributed by atoms with E-state index in [1.54, 1.807) is 0 Å². The van der Waals surface area contributed by atoms with Crippen LogP contribution in [-0.4, -0.2) is 42.0 Å². The lowest BCUT2D eigenvalue weighted by Gasteiger charge is -2.22. The highest BCUT2D eigenvalue weighted by molar-refractivity contribution is 6.12. The molecule has 1 aliphatic carbocycles. The third-order valence-corrected chi connectivity index (χ3v) is 5.77. The van der Waals surface area contributed by atoms with Gasteiger partial charge in [-0.3, -0.25) is 14.5 Å². The number of aliphatic hydroxyl groups excluding tert-OH is 1. The first kappa shape index (κ1) is 20.3. The molecule has 156 valence electrons. The number of carbonyl (C=O) groups is 2. The summed E-state index contributed by atoms with van der Waals surface area (Å²) in [6.45, 7) is 6.53. The normalized spacial score (nSPS) is 15.4. The van der Waals surface area contributed by atoms with Gasteiger partial charge >= 0.3 is 5.97 Å². The van der Waals surface area contributed by atoms with E-state index in [9.17, 15) is 14.7 Å². The molecule has 30 heavy (non-hydrogen) atoms. The van der Waals surface area contributed by atoms with Crippen molar-refractivity contribution in [2.45, 2.75) is 33.4 Å². The van der Waals surface area contributed by atoms with E-state index in [1.165, 1.54) is 6.92 Å². The Morgan fingerprint density at radius 2 is 1.97 bits per heavy atom. The van der Waals surface area contributed by atoms with Crippen molar-refractivity contribution in [3.63, 3.8) is 0 Å². The van der Waals surface area contributed by atoms with Crippen LogP contribution in [0.25, 0.3) is 22.1 Å². The van der Waals surface area contributed by atoms with Crippen LogP contribution in [0.4, 0.5) is 0 Å². The van der Waals surface area contributed by atoms with E-state index >= 15 is 0 Å². The van der Waals surface area contributed by atoms with Crippen molar-refractivity contribution >= 4 is 22.5 Å². The van der Waals surface area contributed by atoms with E-state index in [2.05, 4.69) is 0 Å². The summed E-state index contributed by atoms with van der Waals surface area (Å²) in [5.74, 6) is 0.543. The zero-order valence-electron chi connectivity index (χ0n) is 17.6. The van der Waals surface area contributed by atoms with Gasteiger partial charge in [0.15, 0.2) is 5.78 Å². The number of aliphatic hydroxyl groups is 1. The highest BCUT2D eigenvalue weighted by atomic mass is 16.5. The number of benzene rings is 2. The lowest BCUT2D eigenvalue weighted by atomic mass is 9.82. The summed E-state index contributed by atoms with van der Waals surface area (Å²) in [5.41, 5.74) is 3.64. The summed E-state index contributed by atoms with van der Waals surface area (Å²) in [7, 11) is 1.89. The summed E-state index contributed by atoms with van der Waals surface area (Å²) >= 11 is 0. The van der Waals surface area contributed by atoms with E-state index < -0.39 is 6.10 Å². The molecule has 1 aromatic heterocycles. The number of Topliss-reactive ketones (excluding diaryl/α,β-unsaturated/α-hetero) is 1. The Balaban J connectivity index is 1.75. The molecule has 1 heterocycles. The molecule has 0 bridgehead atoms. The van der Waals surface area contributed by atoms with Gasteiger partial charge in [-0.2, -0.15) is 0 Å². The SMILES string of the molecule is CC(=O)OCCN(C)Cc1oc2c(c1C)C(=O)C(O)c1c-2ccc2c(C)cccc12. The van der Waals surface area contributed by atoms with Crippen LogP contribution in [0.2, 0.25) is 0 Å². The number of furan rings is 1. The molecule has 1 atom stereocenters. The first-order chi connectivity index (χ1) is 14.3. The van der Waals surface area contributed by atoms with Gasteiger partial charge < -0.3 is 14.3 Å². The smallest absolute Gasteiger partial charge is 0.302 e. The number of carbonyl (C=O) groups excluding carboxylic acids is 2. The summed E-state index contributed by atoms with van der Waals surface area (Å²) in [6.07, 6.45) is -1.22. The van der Waals surface area contributed by atoms with Crippen molar-refractivity contribution in [2.24, 2.45) is 0 Å². The molecule has 6 heteroatoms. The maximum absolute atomic E-state index is 13.1. The van der Waals surface area contributed by atoms with E-state index in [4.69, 9.17) is 9.15 Å². The van der Waals surface area contributed by atoms with Gasteiger partial charge in [0.2, 0.25) is 0 Å². The molecular formula is C24H25NO5. The van der Waals surface area contributed by atoms with Crippen molar-refractivity contribution in [3.05, 3.63) is 58.3 Å². The molecule has 3 aromatic rings. The predicted octanol–water partition coefficient (Wildman–Crippen LogP) is 3.94. The van der Waals surface area contributed by atoms with Gasteiger partial charge in [0.1, 0.15) is 24.2 Å². The molecule has 0 saturated carbocycles. The van der Waals surface area contributed by atoms with Gasteiger partial charge in [0.05, 0.1) is 12.1 Å². The Bertz CT molecular complexity index is 1160. The minimum Gasteiger partial charge on any atom is -0.465 e. The van der Waals surface area contributed by atoms with E-state index in [1.807, 2.05) is 56.1 Å². The van der Waals surface area contributed by atoms with Gasteiger partial charge in [-0.15, -0.1) is 0 Å². The van der Waals surface area contributed by atoms with E-state index in [0.29, 0.717) is 35.7 Å². The quantitative estimate of drug-likeness (QED) is 0.646. The number of ketones is 1. The molecule has 4 rings (SSSR count). The first-order valence-corrected chi connectivity index (χ1v) is 9.98. The molecule has 1 aliphatic rings. The monoisotopic (exact) mass is 407 g/mol. The molecule has 0 radical (unpaired) electrons. The number of hydrogen-bond acceptors (Lipinski definition) is 6. The fourth-order valence-corrected chi connectivity index (χ4v) is 4.17. The van der Waals surface area contributed by atoms with Gasteiger partial charge in [-0.05, 0) is 37.2 Å². The van der Waals surface area contributed by atoms with Crippen LogP contribution in [0, 0.1) is 13.8 Å². The Hall–Kier alpha value is -2.96. The van der Waals surface area contributed by atoms with Gasteiger partial charge in [0.25, 0.3) is 0 Å². The number of esters is 1. The van der Waals surface area contributed by atoms with Crippen LogP contribution >= 0.6 is 0 Å². The Kier molecular flexibility index (Phi) is 5.22. The van der Waals surface area contributed by atoms with E-state index in [0.717, 1.165) is 27.5 Å².